The molecule has 0 atom stereocenters. The number of nitrogens with zero attached hydrogens (tertiary/aromatic N) is 4. The van der Waals surface area contributed by atoms with E-state index in [0.29, 0.717) is 6.54 Å². The molecule has 1 aliphatic heterocycles. The predicted octanol–water partition coefficient (Wildman–Crippen LogP) is 1.02. The first-order valence-electron chi connectivity index (χ1n) is 6.19. The largest absolute Gasteiger partial charge is 0.343 e. The number of carbonyl (C=O) groups is 1. The van der Waals surface area contributed by atoms with E-state index in [9.17, 15) is 4.79 Å². The second-order valence-corrected chi connectivity index (χ2v) is 5.50. The van der Waals surface area contributed by atoms with Gasteiger partial charge in [-0.15, -0.1) is 0 Å². The Kier molecular flexibility index (Phi) is 4.07. The summed E-state index contributed by atoms with van der Waals surface area (Å²) < 4.78 is 2.99. The zero-order chi connectivity index (χ0) is 13.3. The summed E-state index contributed by atoms with van der Waals surface area (Å²) >= 11 is 3.61. The summed E-state index contributed by atoms with van der Waals surface area (Å²) in [4.78, 5) is 15.6. The van der Waals surface area contributed by atoms with E-state index in [1.807, 2.05) is 18.8 Å². The van der Waals surface area contributed by atoms with E-state index in [-0.39, 0.29) is 5.91 Å². The first kappa shape index (κ1) is 13.5. The standard InChI is InChI=1S/C12H19BrN4O/c1-4-9-12(13)10(16(3)14-9)7-17-6-5-15(2)11(18)8-17/h4-8H2,1-3H3. The third-order valence-corrected chi connectivity index (χ3v) is 4.33. The van der Waals surface area contributed by atoms with E-state index in [1.165, 1.54) is 0 Å². The summed E-state index contributed by atoms with van der Waals surface area (Å²) in [5, 5.41) is 4.48. The van der Waals surface area contributed by atoms with Gasteiger partial charge in [-0.3, -0.25) is 14.4 Å². The molecule has 0 N–H and O–H groups in total. The first-order chi connectivity index (χ1) is 8.52. The van der Waals surface area contributed by atoms with Crippen molar-refractivity contribution < 1.29 is 4.79 Å². The maximum Gasteiger partial charge on any atom is 0.236 e. The van der Waals surface area contributed by atoms with Gasteiger partial charge in [0.1, 0.15) is 0 Å². The molecule has 0 aromatic carbocycles. The molecule has 1 amide bonds. The van der Waals surface area contributed by atoms with Crippen LogP contribution in [-0.2, 0) is 24.8 Å². The van der Waals surface area contributed by atoms with Gasteiger partial charge in [0.2, 0.25) is 5.91 Å². The van der Waals surface area contributed by atoms with Crippen molar-refractivity contribution in [3.05, 3.63) is 15.9 Å². The van der Waals surface area contributed by atoms with Crippen molar-refractivity contribution >= 4 is 21.8 Å². The van der Waals surface area contributed by atoms with E-state index >= 15 is 0 Å². The molecule has 2 rings (SSSR count). The third-order valence-electron chi connectivity index (χ3n) is 3.41. The number of rotatable bonds is 3. The molecule has 0 aliphatic carbocycles. The number of likely N-dealkylation sites (N-methyl/N-ethyl adjacent to an activating group) is 1. The molecule has 0 spiro atoms. The van der Waals surface area contributed by atoms with Crippen molar-refractivity contribution in [3.63, 3.8) is 0 Å². The molecule has 0 bridgehead atoms. The average Bonchev–Trinajstić information content (AvgIpc) is 2.61. The molecule has 1 aliphatic rings. The van der Waals surface area contributed by atoms with E-state index in [4.69, 9.17) is 0 Å². The van der Waals surface area contributed by atoms with Gasteiger partial charge in [-0.2, -0.15) is 5.10 Å². The van der Waals surface area contributed by atoms with Crippen molar-refractivity contribution in [1.82, 2.24) is 19.6 Å². The van der Waals surface area contributed by atoms with Crippen molar-refractivity contribution in [2.24, 2.45) is 7.05 Å². The fraction of sp³-hybridized carbons (Fsp3) is 0.667. The summed E-state index contributed by atoms with van der Waals surface area (Å²) in [6.45, 7) is 5.08. The third kappa shape index (κ3) is 2.59. The van der Waals surface area contributed by atoms with Gasteiger partial charge in [0.05, 0.1) is 22.4 Å². The van der Waals surface area contributed by atoms with Crippen LogP contribution in [0.2, 0.25) is 0 Å². The topological polar surface area (TPSA) is 41.4 Å². The smallest absolute Gasteiger partial charge is 0.236 e. The predicted molar refractivity (Wildman–Crippen MR) is 73.2 cm³/mol. The van der Waals surface area contributed by atoms with Crippen LogP contribution in [0, 0.1) is 0 Å². The monoisotopic (exact) mass is 314 g/mol. The second kappa shape index (κ2) is 5.40. The highest BCUT2D eigenvalue weighted by atomic mass is 79.9. The lowest BCUT2D eigenvalue weighted by molar-refractivity contribution is -0.134. The zero-order valence-corrected chi connectivity index (χ0v) is 12.7. The number of carbonyl (C=O) groups excluding carboxylic acids is 1. The molecule has 1 aromatic heterocycles. The lowest BCUT2D eigenvalue weighted by Crippen LogP contribution is -2.48. The first-order valence-corrected chi connectivity index (χ1v) is 6.98. The number of amides is 1. The molecule has 1 saturated heterocycles. The van der Waals surface area contributed by atoms with Crippen LogP contribution in [-0.4, -0.2) is 52.2 Å². The van der Waals surface area contributed by atoms with Crippen molar-refractivity contribution in [1.29, 1.82) is 0 Å². The second-order valence-electron chi connectivity index (χ2n) is 4.71. The van der Waals surface area contributed by atoms with Gasteiger partial charge < -0.3 is 4.90 Å². The average molecular weight is 315 g/mol. The van der Waals surface area contributed by atoms with Gasteiger partial charge >= 0.3 is 0 Å². The number of piperazine rings is 1. The molecule has 6 heteroatoms. The van der Waals surface area contributed by atoms with Crippen LogP contribution in [0.5, 0.6) is 0 Å². The number of aromatic nitrogens is 2. The molecule has 0 unspecified atom stereocenters. The Labute approximate surface area is 116 Å². The number of halogens is 1. The van der Waals surface area contributed by atoms with E-state index in [0.717, 1.165) is 41.9 Å². The maximum absolute atomic E-state index is 11.7. The van der Waals surface area contributed by atoms with E-state index < -0.39 is 0 Å². The molecule has 1 fully saturated rings. The molecule has 1 aromatic rings. The zero-order valence-electron chi connectivity index (χ0n) is 11.1. The quantitative estimate of drug-likeness (QED) is 0.836. The minimum absolute atomic E-state index is 0.190. The van der Waals surface area contributed by atoms with Crippen molar-refractivity contribution in [2.75, 3.05) is 26.7 Å². The molecule has 2 heterocycles. The Hall–Kier alpha value is -0.880. The van der Waals surface area contributed by atoms with E-state index in [1.54, 1.807) is 4.90 Å². The highest BCUT2D eigenvalue weighted by molar-refractivity contribution is 9.10. The Morgan fingerprint density at radius 1 is 1.33 bits per heavy atom. The normalized spacial score (nSPS) is 17.6. The van der Waals surface area contributed by atoms with Gasteiger partial charge in [0, 0.05) is 33.7 Å². The Bertz CT molecular complexity index is 457. The van der Waals surface area contributed by atoms with Crippen LogP contribution < -0.4 is 0 Å². The number of hydrogen-bond acceptors (Lipinski definition) is 3. The van der Waals surface area contributed by atoms with Gasteiger partial charge in [-0.1, -0.05) is 6.92 Å². The van der Waals surface area contributed by atoms with Gasteiger partial charge in [-0.25, -0.2) is 0 Å². The fourth-order valence-corrected chi connectivity index (χ4v) is 2.89. The molecule has 0 radical (unpaired) electrons. The van der Waals surface area contributed by atoms with Gasteiger partial charge in [0.25, 0.3) is 0 Å². The number of hydrogen-bond donors (Lipinski definition) is 0. The minimum Gasteiger partial charge on any atom is -0.343 e. The molecular weight excluding hydrogens is 296 g/mol. The Morgan fingerprint density at radius 2 is 2.06 bits per heavy atom. The minimum atomic E-state index is 0.190. The summed E-state index contributed by atoms with van der Waals surface area (Å²) in [5.41, 5.74) is 2.22. The summed E-state index contributed by atoms with van der Waals surface area (Å²) in [5.74, 6) is 0.190. The summed E-state index contributed by atoms with van der Waals surface area (Å²) in [7, 11) is 3.81. The lowest BCUT2D eigenvalue weighted by atomic mass is 10.2. The van der Waals surface area contributed by atoms with Crippen LogP contribution in [0.1, 0.15) is 18.3 Å². The van der Waals surface area contributed by atoms with Crippen LogP contribution in [0.3, 0.4) is 0 Å². The highest BCUT2D eigenvalue weighted by Gasteiger charge is 2.23. The molecule has 18 heavy (non-hydrogen) atoms. The Morgan fingerprint density at radius 3 is 2.61 bits per heavy atom. The summed E-state index contributed by atoms with van der Waals surface area (Å²) in [6.07, 6.45) is 0.913. The van der Waals surface area contributed by atoms with E-state index in [2.05, 4.69) is 32.9 Å². The van der Waals surface area contributed by atoms with Crippen LogP contribution in [0.4, 0.5) is 0 Å². The lowest BCUT2D eigenvalue weighted by Gasteiger charge is -2.31. The number of aryl methyl sites for hydroxylation is 2. The Balaban J connectivity index is 2.10. The van der Waals surface area contributed by atoms with Crippen LogP contribution in [0.15, 0.2) is 4.47 Å². The van der Waals surface area contributed by atoms with Crippen LogP contribution >= 0.6 is 15.9 Å². The molecule has 0 saturated carbocycles. The van der Waals surface area contributed by atoms with Crippen LogP contribution in [0.25, 0.3) is 0 Å². The SMILES string of the molecule is CCc1nn(C)c(CN2CCN(C)C(=O)C2)c1Br. The molecular formula is C12H19BrN4O. The fourth-order valence-electron chi connectivity index (χ4n) is 2.15. The highest BCUT2D eigenvalue weighted by Crippen LogP contribution is 2.23. The van der Waals surface area contributed by atoms with Crippen molar-refractivity contribution in [2.45, 2.75) is 19.9 Å². The van der Waals surface area contributed by atoms with Crippen molar-refractivity contribution in [3.8, 4) is 0 Å². The maximum atomic E-state index is 11.7. The van der Waals surface area contributed by atoms with Gasteiger partial charge in [0.15, 0.2) is 0 Å². The molecule has 100 valence electrons. The van der Waals surface area contributed by atoms with Gasteiger partial charge in [-0.05, 0) is 22.4 Å². The summed E-state index contributed by atoms with van der Waals surface area (Å²) in [6, 6.07) is 0. The molecule has 5 nitrogen and oxygen atoms in total.